The van der Waals surface area contributed by atoms with Gasteiger partial charge in [-0.15, -0.1) is 0 Å². The average Bonchev–Trinajstić information content (AvgIpc) is 2.17. The summed E-state index contributed by atoms with van der Waals surface area (Å²) in [5, 5.41) is 8.53. The number of benzene rings is 1. The van der Waals surface area contributed by atoms with Crippen LogP contribution in [0.15, 0.2) is 30.3 Å². The topological polar surface area (TPSA) is 54.4 Å². The molecule has 15 heavy (non-hydrogen) atoms. The molecule has 4 heteroatoms. The van der Waals surface area contributed by atoms with Crippen molar-refractivity contribution in [3.8, 4) is 0 Å². The van der Waals surface area contributed by atoms with Crippen LogP contribution in [0.2, 0.25) is 0 Å². The summed E-state index contributed by atoms with van der Waals surface area (Å²) in [7, 11) is -3.26. The normalized spacial score (nSPS) is 15.9. The Morgan fingerprint density at radius 2 is 1.73 bits per heavy atom. The fraction of sp³-hybridized carbons (Fsp3) is 0.455. The molecule has 0 aromatic heterocycles. The van der Waals surface area contributed by atoms with Crippen molar-refractivity contribution in [1.82, 2.24) is 0 Å². The Morgan fingerprint density at radius 1 is 1.20 bits per heavy atom. The molecule has 2 atom stereocenters. The van der Waals surface area contributed by atoms with Gasteiger partial charge in [0.1, 0.15) is 0 Å². The molecule has 3 nitrogen and oxygen atoms in total. The van der Waals surface area contributed by atoms with Crippen molar-refractivity contribution in [2.24, 2.45) is 0 Å². The molecule has 1 aromatic rings. The van der Waals surface area contributed by atoms with Crippen molar-refractivity contribution in [3.05, 3.63) is 35.9 Å². The summed E-state index contributed by atoms with van der Waals surface area (Å²) in [6, 6.07) is 8.99. The van der Waals surface area contributed by atoms with E-state index in [4.69, 9.17) is 0 Å². The smallest absolute Gasteiger partial charge is 0.159 e. The summed E-state index contributed by atoms with van der Waals surface area (Å²) < 4.78 is 23.6. The SMILES string of the molecule is C[C@H](O)[C@@H](C)S(=O)(=O)Cc1ccccc1. The molecule has 1 rings (SSSR count). The zero-order valence-corrected chi connectivity index (χ0v) is 9.74. The first-order chi connectivity index (χ1) is 6.93. The molecule has 0 amide bonds. The van der Waals surface area contributed by atoms with Gasteiger partial charge in [-0.2, -0.15) is 0 Å². The number of hydrogen-bond acceptors (Lipinski definition) is 3. The molecule has 0 bridgehead atoms. The predicted octanol–water partition coefficient (Wildman–Crippen LogP) is 1.37. The first-order valence-corrected chi connectivity index (χ1v) is 6.58. The number of hydrogen-bond donors (Lipinski definition) is 1. The van der Waals surface area contributed by atoms with E-state index in [1.165, 1.54) is 13.8 Å². The standard InChI is InChI=1S/C11H16O3S/c1-9(12)10(2)15(13,14)8-11-6-4-3-5-7-11/h3-7,9-10,12H,8H2,1-2H3/t9-,10+/m0/s1. The maximum Gasteiger partial charge on any atom is 0.159 e. The summed E-state index contributed by atoms with van der Waals surface area (Å²) in [6.07, 6.45) is -0.835. The summed E-state index contributed by atoms with van der Waals surface area (Å²) in [5.41, 5.74) is 0.755. The Kier molecular flexibility index (Phi) is 3.88. The highest BCUT2D eigenvalue weighted by molar-refractivity contribution is 7.91. The maximum absolute atomic E-state index is 11.8. The lowest BCUT2D eigenvalue weighted by molar-refractivity contribution is 0.193. The lowest BCUT2D eigenvalue weighted by Gasteiger charge is -2.15. The van der Waals surface area contributed by atoms with Crippen molar-refractivity contribution >= 4 is 9.84 Å². The number of aliphatic hydroxyl groups is 1. The summed E-state index contributed by atoms with van der Waals surface area (Å²) >= 11 is 0. The quantitative estimate of drug-likeness (QED) is 0.846. The van der Waals surface area contributed by atoms with E-state index in [-0.39, 0.29) is 5.75 Å². The predicted molar refractivity (Wildman–Crippen MR) is 60.2 cm³/mol. The zero-order valence-electron chi connectivity index (χ0n) is 8.92. The number of aliphatic hydroxyl groups excluding tert-OH is 1. The van der Waals surface area contributed by atoms with Crippen LogP contribution < -0.4 is 0 Å². The second kappa shape index (κ2) is 4.77. The molecular formula is C11H16O3S. The third kappa shape index (κ3) is 3.32. The van der Waals surface area contributed by atoms with E-state index in [9.17, 15) is 13.5 Å². The van der Waals surface area contributed by atoms with Gasteiger partial charge >= 0.3 is 0 Å². The third-order valence-corrected chi connectivity index (χ3v) is 4.72. The molecule has 0 saturated heterocycles. The minimum Gasteiger partial charge on any atom is -0.392 e. The van der Waals surface area contributed by atoms with Gasteiger partial charge in [0, 0.05) is 0 Å². The van der Waals surface area contributed by atoms with Gasteiger partial charge < -0.3 is 5.11 Å². The monoisotopic (exact) mass is 228 g/mol. The highest BCUT2D eigenvalue weighted by Crippen LogP contribution is 2.13. The van der Waals surface area contributed by atoms with Gasteiger partial charge in [-0.25, -0.2) is 8.42 Å². The van der Waals surface area contributed by atoms with Gasteiger partial charge in [0.05, 0.1) is 17.1 Å². The molecule has 0 saturated carbocycles. The van der Waals surface area contributed by atoms with E-state index in [2.05, 4.69) is 0 Å². The highest BCUT2D eigenvalue weighted by Gasteiger charge is 2.25. The Balaban J connectivity index is 2.82. The molecule has 0 unspecified atom stereocenters. The van der Waals surface area contributed by atoms with Gasteiger partial charge in [0.15, 0.2) is 9.84 Å². The fourth-order valence-corrected chi connectivity index (χ4v) is 2.76. The Morgan fingerprint density at radius 3 is 2.20 bits per heavy atom. The van der Waals surface area contributed by atoms with Crippen LogP contribution in [-0.2, 0) is 15.6 Å². The first-order valence-electron chi connectivity index (χ1n) is 4.87. The Bertz CT molecular complexity index is 395. The lowest BCUT2D eigenvalue weighted by Crippen LogP contribution is -2.30. The van der Waals surface area contributed by atoms with Gasteiger partial charge in [-0.05, 0) is 19.4 Å². The van der Waals surface area contributed by atoms with Crippen LogP contribution in [-0.4, -0.2) is 24.9 Å². The van der Waals surface area contributed by atoms with Crippen LogP contribution in [0, 0.1) is 0 Å². The average molecular weight is 228 g/mol. The Labute approximate surface area is 90.7 Å². The number of rotatable bonds is 4. The molecule has 1 aromatic carbocycles. The molecule has 0 radical (unpaired) electrons. The minimum atomic E-state index is -3.26. The van der Waals surface area contributed by atoms with Crippen molar-refractivity contribution in [3.63, 3.8) is 0 Å². The van der Waals surface area contributed by atoms with Gasteiger partial charge in [0.2, 0.25) is 0 Å². The van der Waals surface area contributed by atoms with Crippen LogP contribution in [0.1, 0.15) is 19.4 Å². The zero-order chi connectivity index (χ0) is 11.5. The van der Waals surface area contributed by atoms with Crippen molar-refractivity contribution < 1.29 is 13.5 Å². The van der Waals surface area contributed by atoms with Crippen LogP contribution >= 0.6 is 0 Å². The van der Waals surface area contributed by atoms with E-state index in [1.807, 2.05) is 6.07 Å². The second-order valence-corrected chi connectivity index (χ2v) is 6.10. The molecule has 0 spiro atoms. The first kappa shape index (κ1) is 12.2. The molecule has 0 aliphatic heterocycles. The van der Waals surface area contributed by atoms with Crippen LogP contribution in [0.3, 0.4) is 0 Å². The summed E-state index contributed by atoms with van der Waals surface area (Å²) in [5.74, 6) is -0.0140. The van der Waals surface area contributed by atoms with E-state index in [1.54, 1.807) is 24.3 Å². The van der Waals surface area contributed by atoms with Crippen LogP contribution in [0.4, 0.5) is 0 Å². The molecule has 1 N–H and O–H groups in total. The van der Waals surface area contributed by atoms with Gasteiger partial charge in [0.25, 0.3) is 0 Å². The molecule has 84 valence electrons. The van der Waals surface area contributed by atoms with E-state index in [0.29, 0.717) is 0 Å². The van der Waals surface area contributed by atoms with Gasteiger partial charge in [-0.3, -0.25) is 0 Å². The fourth-order valence-electron chi connectivity index (χ4n) is 1.24. The van der Waals surface area contributed by atoms with Crippen LogP contribution in [0.25, 0.3) is 0 Å². The third-order valence-electron chi connectivity index (χ3n) is 2.46. The molecule has 0 aliphatic rings. The highest BCUT2D eigenvalue weighted by atomic mass is 32.2. The minimum absolute atomic E-state index is 0.0140. The molecule has 0 fully saturated rings. The molecular weight excluding hydrogens is 212 g/mol. The summed E-state index contributed by atoms with van der Waals surface area (Å²) in [4.78, 5) is 0. The van der Waals surface area contributed by atoms with Crippen molar-refractivity contribution in [1.29, 1.82) is 0 Å². The van der Waals surface area contributed by atoms with Crippen molar-refractivity contribution in [2.75, 3.05) is 0 Å². The second-order valence-electron chi connectivity index (χ2n) is 3.74. The van der Waals surface area contributed by atoms with Crippen LogP contribution in [0.5, 0.6) is 0 Å². The van der Waals surface area contributed by atoms with Gasteiger partial charge in [-0.1, -0.05) is 30.3 Å². The molecule has 0 aliphatic carbocycles. The molecule has 0 heterocycles. The maximum atomic E-state index is 11.8. The van der Waals surface area contributed by atoms with E-state index < -0.39 is 21.2 Å². The van der Waals surface area contributed by atoms with Crippen molar-refractivity contribution in [2.45, 2.75) is 31.0 Å². The number of sulfone groups is 1. The Hall–Kier alpha value is -0.870. The summed E-state index contributed by atoms with van der Waals surface area (Å²) in [6.45, 7) is 3.02. The lowest BCUT2D eigenvalue weighted by atomic mass is 10.2. The van der Waals surface area contributed by atoms with E-state index in [0.717, 1.165) is 5.56 Å². The largest absolute Gasteiger partial charge is 0.392 e. The van der Waals surface area contributed by atoms with E-state index >= 15 is 0 Å².